The lowest BCUT2D eigenvalue weighted by Gasteiger charge is -2.34. The number of rotatable bonds is 6. The smallest absolute Gasteiger partial charge is 0.270 e. The summed E-state index contributed by atoms with van der Waals surface area (Å²) in [5.41, 5.74) is 2.27. The Morgan fingerprint density at radius 2 is 1.67 bits per heavy atom. The van der Waals surface area contributed by atoms with Crippen LogP contribution in [0.25, 0.3) is 0 Å². The molecule has 5 rings (SSSR count). The Morgan fingerprint density at radius 3 is 2.31 bits per heavy atom. The van der Waals surface area contributed by atoms with Crippen molar-refractivity contribution < 1.29 is 23.9 Å². The van der Waals surface area contributed by atoms with Crippen molar-refractivity contribution in [1.82, 2.24) is 10.2 Å². The number of nitro benzene ring substituents is 1. The number of benzene rings is 2. The van der Waals surface area contributed by atoms with Crippen molar-refractivity contribution in [2.75, 3.05) is 26.6 Å². The van der Waals surface area contributed by atoms with Gasteiger partial charge < -0.3 is 19.5 Å². The zero-order chi connectivity index (χ0) is 25.6. The Morgan fingerprint density at radius 1 is 0.944 bits per heavy atom. The molecule has 2 heterocycles. The summed E-state index contributed by atoms with van der Waals surface area (Å²) in [6, 6.07) is 9.70. The van der Waals surface area contributed by atoms with Crippen LogP contribution in [0.4, 0.5) is 11.5 Å². The molecule has 0 spiro atoms. The number of non-ortho nitro benzene ring substituents is 1. The van der Waals surface area contributed by atoms with Gasteiger partial charge in [0.1, 0.15) is 5.82 Å². The summed E-state index contributed by atoms with van der Waals surface area (Å²) >= 11 is 0. The molecule has 1 aliphatic heterocycles. The minimum absolute atomic E-state index is 0.111. The first-order valence-electron chi connectivity index (χ1n) is 11.2. The molecule has 0 amide bonds. The molecule has 0 radical (unpaired) electrons. The van der Waals surface area contributed by atoms with Gasteiger partial charge in [-0.1, -0.05) is 12.1 Å². The fraction of sp³-hybridized carbons (Fsp3) is 0.280. The van der Waals surface area contributed by atoms with Crippen LogP contribution in [0, 0.1) is 10.1 Å². The van der Waals surface area contributed by atoms with Gasteiger partial charge in [-0.15, -0.1) is 0 Å². The van der Waals surface area contributed by atoms with Crippen molar-refractivity contribution in [3.05, 3.63) is 84.8 Å². The molecule has 0 bridgehead atoms. The van der Waals surface area contributed by atoms with E-state index in [0.717, 1.165) is 5.56 Å². The van der Waals surface area contributed by atoms with E-state index in [9.17, 15) is 19.7 Å². The van der Waals surface area contributed by atoms with E-state index in [4.69, 9.17) is 14.2 Å². The molecule has 3 N–H and O–H groups in total. The maximum Gasteiger partial charge on any atom is 0.270 e. The number of H-pyrrole nitrogens is 2. The number of aromatic amines is 2. The SMILES string of the molecule is COc1cc(C2CC(=O)C3=C(C2)Nc2[nH][nH]c(=O)c2C3c2cccc([N+](=O)[O-])c2)cc(OC)c1OC. The largest absolute Gasteiger partial charge is 0.493 e. The van der Waals surface area contributed by atoms with Crippen LogP contribution >= 0.6 is 0 Å². The summed E-state index contributed by atoms with van der Waals surface area (Å²) in [5, 5.41) is 20.0. The molecule has 186 valence electrons. The molecule has 0 saturated carbocycles. The minimum Gasteiger partial charge on any atom is -0.493 e. The second kappa shape index (κ2) is 8.91. The van der Waals surface area contributed by atoms with Gasteiger partial charge in [0.05, 0.1) is 31.8 Å². The molecule has 2 aromatic carbocycles. The number of ketones is 1. The van der Waals surface area contributed by atoms with Crippen molar-refractivity contribution >= 4 is 17.3 Å². The maximum atomic E-state index is 13.6. The first-order chi connectivity index (χ1) is 17.4. The number of methoxy groups -OCH3 is 3. The molecule has 2 unspecified atom stereocenters. The number of anilines is 1. The second-order valence-corrected chi connectivity index (χ2v) is 8.66. The second-order valence-electron chi connectivity index (χ2n) is 8.66. The average Bonchev–Trinajstić information content (AvgIpc) is 3.26. The lowest BCUT2D eigenvalue weighted by atomic mass is 9.72. The monoisotopic (exact) mass is 492 g/mol. The Hall–Kier alpha value is -4.54. The number of nitro groups is 1. The third kappa shape index (κ3) is 3.69. The molecule has 2 atom stereocenters. The first kappa shape index (κ1) is 23.2. The van der Waals surface area contributed by atoms with Crippen LogP contribution in [-0.4, -0.2) is 42.2 Å². The molecular weight excluding hydrogens is 468 g/mol. The van der Waals surface area contributed by atoms with Crippen molar-refractivity contribution in [1.29, 1.82) is 0 Å². The van der Waals surface area contributed by atoms with Crippen LogP contribution in [-0.2, 0) is 4.79 Å². The maximum absolute atomic E-state index is 13.6. The topological polar surface area (TPSA) is 149 Å². The predicted octanol–water partition coefficient (Wildman–Crippen LogP) is 3.60. The van der Waals surface area contributed by atoms with E-state index in [-0.39, 0.29) is 29.4 Å². The molecule has 11 heteroatoms. The number of hydrogen-bond acceptors (Lipinski definition) is 8. The Balaban J connectivity index is 1.61. The predicted molar refractivity (Wildman–Crippen MR) is 130 cm³/mol. The van der Waals surface area contributed by atoms with Gasteiger partial charge in [0.2, 0.25) is 5.75 Å². The van der Waals surface area contributed by atoms with Gasteiger partial charge in [0.15, 0.2) is 17.3 Å². The summed E-state index contributed by atoms with van der Waals surface area (Å²) in [4.78, 5) is 37.3. The lowest BCUT2D eigenvalue weighted by Crippen LogP contribution is -2.31. The summed E-state index contributed by atoms with van der Waals surface area (Å²) < 4.78 is 16.4. The van der Waals surface area contributed by atoms with Crippen molar-refractivity contribution in [2.45, 2.75) is 24.7 Å². The third-order valence-corrected chi connectivity index (χ3v) is 6.75. The molecule has 0 fully saturated rings. The van der Waals surface area contributed by atoms with E-state index in [1.807, 2.05) is 12.1 Å². The van der Waals surface area contributed by atoms with Gasteiger partial charge in [-0.3, -0.25) is 29.9 Å². The quantitative estimate of drug-likeness (QED) is 0.349. The van der Waals surface area contributed by atoms with Gasteiger partial charge in [-0.05, 0) is 35.6 Å². The number of nitrogens with one attached hydrogen (secondary N) is 3. The summed E-state index contributed by atoms with van der Waals surface area (Å²) in [5.74, 6) is 0.792. The fourth-order valence-corrected chi connectivity index (χ4v) is 5.14. The van der Waals surface area contributed by atoms with Crippen LogP contribution in [0.15, 0.2) is 52.5 Å². The van der Waals surface area contributed by atoms with Gasteiger partial charge in [0, 0.05) is 35.7 Å². The molecular formula is C25H24N4O7. The van der Waals surface area contributed by atoms with Crippen molar-refractivity contribution in [3.8, 4) is 17.2 Å². The summed E-state index contributed by atoms with van der Waals surface area (Å²) in [6.07, 6.45) is 0.653. The van der Waals surface area contributed by atoms with Gasteiger partial charge in [-0.2, -0.15) is 0 Å². The highest BCUT2D eigenvalue weighted by Gasteiger charge is 2.41. The van der Waals surface area contributed by atoms with Gasteiger partial charge in [-0.25, -0.2) is 0 Å². The molecule has 1 aromatic heterocycles. The molecule has 36 heavy (non-hydrogen) atoms. The van der Waals surface area contributed by atoms with Crippen LogP contribution in [0.2, 0.25) is 0 Å². The minimum atomic E-state index is -0.737. The molecule has 3 aromatic rings. The number of aromatic nitrogens is 2. The summed E-state index contributed by atoms with van der Waals surface area (Å²) in [7, 11) is 4.59. The highest BCUT2D eigenvalue weighted by atomic mass is 16.6. The first-order valence-corrected chi connectivity index (χ1v) is 11.2. The third-order valence-electron chi connectivity index (χ3n) is 6.75. The Kier molecular flexibility index (Phi) is 5.75. The number of Topliss-reactive ketones (excluding diaryl/α,β-unsaturated/α-hetero) is 1. The van der Waals surface area contributed by atoms with Gasteiger partial charge >= 0.3 is 0 Å². The molecule has 11 nitrogen and oxygen atoms in total. The van der Waals surface area contributed by atoms with Crippen molar-refractivity contribution in [3.63, 3.8) is 0 Å². The van der Waals surface area contributed by atoms with E-state index in [2.05, 4.69) is 15.5 Å². The average molecular weight is 492 g/mol. The Labute approximate surface area is 205 Å². The van der Waals surface area contributed by atoms with E-state index in [1.165, 1.54) is 33.5 Å². The standard InChI is InChI=1S/C25H24N4O7/c1-34-18-10-14(11-19(35-2)23(18)36-3)13-8-16-21(17(30)9-13)20(22-24(26-16)27-28-25(22)31)12-5-4-6-15(7-12)29(32)33/h4-7,10-11,13,20H,8-9H2,1-3H3,(H3,26,27,28,31). The Bertz CT molecular complexity index is 1440. The zero-order valence-corrected chi connectivity index (χ0v) is 19.8. The summed E-state index contributed by atoms with van der Waals surface area (Å²) in [6.45, 7) is 0. The number of allylic oxidation sites excluding steroid dienone is 2. The molecule has 2 aliphatic rings. The van der Waals surface area contributed by atoms with Crippen LogP contribution in [0.1, 0.15) is 41.4 Å². The number of nitrogens with zero attached hydrogens (tertiary/aromatic N) is 1. The van der Waals surface area contributed by atoms with Crippen LogP contribution < -0.4 is 25.1 Å². The normalized spacial score (nSPS) is 18.7. The highest BCUT2D eigenvalue weighted by molar-refractivity contribution is 6.01. The molecule has 1 aliphatic carbocycles. The van der Waals surface area contributed by atoms with Crippen molar-refractivity contribution in [2.24, 2.45) is 0 Å². The van der Waals surface area contributed by atoms with E-state index in [0.29, 0.717) is 51.9 Å². The number of carbonyl (C=O) groups excluding carboxylic acids is 1. The van der Waals surface area contributed by atoms with Crippen LogP contribution in [0.3, 0.4) is 0 Å². The number of carbonyl (C=O) groups is 1. The van der Waals surface area contributed by atoms with E-state index >= 15 is 0 Å². The van der Waals surface area contributed by atoms with Crippen LogP contribution in [0.5, 0.6) is 17.2 Å². The number of hydrogen-bond donors (Lipinski definition) is 3. The lowest BCUT2D eigenvalue weighted by molar-refractivity contribution is -0.384. The van der Waals surface area contributed by atoms with E-state index < -0.39 is 10.8 Å². The fourth-order valence-electron chi connectivity index (χ4n) is 5.14. The highest BCUT2D eigenvalue weighted by Crippen LogP contribution is 2.48. The zero-order valence-electron chi connectivity index (χ0n) is 19.8. The number of fused-ring (bicyclic) bond motifs is 1. The molecule has 0 saturated heterocycles. The van der Waals surface area contributed by atoms with Gasteiger partial charge in [0.25, 0.3) is 11.2 Å². The number of ether oxygens (including phenoxy) is 3. The van der Waals surface area contributed by atoms with E-state index in [1.54, 1.807) is 12.1 Å².